The Hall–Kier alpha value is -1.67. The average Bonchev–Trinajstić information content (AvgIpc) is 2.83. The van der Waals surface area contributed by atoms with Gasteiger partial charge in [-0.1, -0.05) is 24.6 Å². The lowest BCUT2D eigenvalue weighted by Gasteiger charge is -2.14. The third-order valence-electron chi connectivity index (χ3n) is 2.57. The molecule has 0 unspecified atom stereocenters. The van der Waals surface area contributed by atoms with E-state index in [0.717, 1.165) is 10.7 Å². The zero-order valence-electron chi connectivity index (χ0n) is 10.4. The van der Waals surface area contributed by atoms with Crippen LogP contribution in [0.4, 0.5) is 13.2 Å². The highest BCUT2D eigenvalue weighted by Crippen LogP contribution is 2.37. The SMILES string of the molecule is CCNCc1nnnn1-c1c(Cl)cccc1C(F)(F)F. The third kappa shape index (κ3) is 2.91. The second kappa shape index (κ2) is 5.76. The van der Waals surface area contributed by atoms with Crippen LogP contribution in [-0.4, -0.2) is 26.8 Å². The molecule has 5 nitrogen and oxygen atoms in total. The highest BCUT2D eigenvalue weighted by atomic mass is 35.5. The molecule has 108 valence electrons. The lowest BCUT2D eigenvalue weighted by molar-refractivity contribution is -0.137. The van der Waals surface area contributed by atoms with Crippen molar-refractivity contribution in [2.45, 2.75) is 19.6 Å². The third-order valence-corrected chi connectivity index (χ3v) is 2.88. The lowest BCUT2D eigenvalue weighted by atomic mass is 10.1. The van der Waals surface area contributed by atoms with E-state index in [9.17, 15) is 13.2 Å². The standard InChI is InChI=1S/C11H11ClF3N5/c1-2-16-6-9-17-18-19-20(9)10-7(11(13,14)15)4-3-5-8(10)12/h3-5,16H,2,6H2,1H3. The smallest absolute Gasteiger partial charge is 0.310 e. The van der Waals surface area contributed by atoms with Gasteiger partial charge in [0, 0.05) is 0 Å². The maximum atomic E-state index is 13.0. The molecule has 0 aliphatic rings. The van der Waals surface area contributed by atoms with Crippen molar-refractivity contribution in [3.8, 4) is 5.69 Å². The Morgan fingerprint density at radius 1 is 1.35 bits per heavy atom. The first kappa shape index (κ1) is 14.7. The van der Waals surface area contributed by atoms with Crippen LogP contribution in [0.15, 0.2) is 18.2 Å². The van der Waals surface area contributed by atoms with Crippen LogP contribution < -0.4 is 5.32 Å². The number of hydrogen-bond acceptors (Lipinski definition) is 4. The molecule has 1 N–H and O–H groups in total. The molecule has 0 amide bonds. The van der Waals surface area contributed by atoms with E-state index in [1.165, 1.54) is 12.1 Å². The summed E-state index contributed by atoms with van der Waals surface area (Å²) in [5.74, 6) is 0.255. The molecule has 0 radical (unpaired) electrons. The average molecular weight is 306 g/mol. The fourth-order valence-corrected chi connectivity index (χ4v) is 1.94. The molecule has 2 rings (SSSR count). The Balaban J connectivity index is 2.55. The van der Waals surface area contributed by atoms with Gasteiger partial charge in [-0.05, 0) is 29.1 Å². The molecule has 0 fully saturated rings. The molecule has 0 saturated heterocycles. The number of alkyl halides is 3. The predicted octanol–water partition coefficient (Wildman–Crippen LogP) is 2.44. The summed E-state index contributed by atoms with van der Waals surface area (Å²) in [6.07, 6.45) is -4.54. The number of halogens is 4. The monoisotopic (exact) mass is 305 g/mol. The van der Waals surface area contributed by atoms with Crippen LogP contribution >= 0.6 is 11.6 Å². The van der Waals surface area contributed by atoms with Crippen LogP contribution in [0.3, 0.4) is 0 Å². The van der Waals surface area contributed by atoms with Crippen molar-refractivity contribution < 1.29 is 13.2 Å². The summed E-state index contributed by atoms with van der Waals surface area (Å²) < 4.78 is 40.2. The molecule has 0 atom stereocenters. The molecule has 1 heterocycles. The molecular weight excluding hydrogens is 295 g/mol. The van der Waals surface area contributed by atoms with Gasteiger partial charge in [-0.25, -0.2) is 0 Å². The van der Waals surface area contributed by atoms with Gasteiger partial charge in [0.1, 0.15) is 0 Å². The van der Waals surface area contributed by atoms with Crippen molar-refractivity contribution in [3.63, 3.8) is 0 Å². The fourth-order valence-electron chi connectivity index (χ4n) is 1.69. The number of rotatable bonds is 4. The molecule has 1 aromatic carbocycles. The van der Waals surface area contributed by atoms with Crippen LogP contribution in [0.5, 0.6) is 0 Å². The Bertz CT molecular complexity index is 596. The second-order valence-electron chi connectivity index (χ2n) is 3.92. The number of para-hydroxylation sites is 1. The Morgan fingerprint density at radius 3 is 2.75 bits per heavy atom. The molecule has 0 aliphatic heterocycles. The highest BCUT2D eigenvalue weighted by molar-refractivity contribution is 6.32. The number of hydrogen-bond donors (Lipinski definition) is 1. The minimum absolute atomic E-state index is 0.0649. The van der Waals surface area contributed by atoms with Crippen LogP contribution in [0.1, 0.15) is 18.3 Å². The van der Waals surface area contributed by atoms with E-state index in [4.69, 9.17) is 11.6 Å². The van der Waals surface area contributed by atoms with E-state index in [1.54, 1.807) is 0 Å². The normalized spacial score (nSPS) is 11.8. The van der Waals surface area contributed by atoms with Crippen LogP contribution in [0, 0.1) is 0 Å². The van der Waals surface area contributed by atoms with Crippen molar-refractivity contribution >= 4 is 11.6 Å². The summed E-state index contributed by atoms with van der Waals surface area (Å²) in [6, 6.07) is 3.55. The van der Waals surface area contributed by atoms with Gasteiger partial charge >= 0.3 is 6.18 Å². The van der Waals surface area contributed by atoms with E-state index in [-0.39, 0.29) is 23.1 Å². The van der Waals surface area contributed by atoms with Gasteiger partial charge in [0.05, 0.1) is 22.8 Å². The second-order valence-corrected chi connectivity index (χ2v) is 4.33. The first-order chi connectivity index (χ1) is 9.45. The van der Waals surface area contributed by atoms with Gasteiger partial charge in [0.15, 0.2) is 5.82 Å². The molecule has 0 spiro atoms. The Labute approximate surface area is 117 Å². The van der Waals surface area contributed by atoms with E-state index < -0.39 is 11.7 Å². The molecule has 0 bridgehead atoms. The fraction of sp³-hybridized carbons (Fsp3) is 0.364. The quantitative estimate of drug-likeness (QED) is 0.942. The van der Waals surface area contributed by atoms with E-state index in [1.807, 2.05) is 6.92 Å². The largest absolute Gasteiger partial charge is 0.418 e. The summed E-state index contributed by atoms with van der Waals surface area (Å²) in [6.45, 7) is 2.75. The predicted molar refractivity (Wildman–Crippen MR) is 66.5 cm³/mol. The molecule has 9 heteroatoms. The van der Waals surface area contributed by atoms with E-state index in [2.05, 4.69) is 20.8 Å². The number of nitrogens with zero attached hydrogens (tertiary/aromatic N) is 4. The minimum Gasteiger partial charge on any atom is -0.310 e. The summed E-state index contributed by atoms with van der Waals surface area (Å²) in [7, 11) is 0. The lowest BCUT2D eigenvalue weighted by Crippen LogP contribution is -2.19. The first-order valence-electron chi connectivity index (χ1n) is 5.79. The van der Waals surface area contributed by atoms with E-state index >= 15 is 0 Å². The van der Waals surface area contributed by atoms with Crippen LogP contribution in [0.2, 0.25) is 5.02 Å². The maximum Gasteiger partial charge on any atom is 0.418 e. The topological polar surface area (TPSA) is 55.6 Å². The van der Waals surface area contributed by atoms with Crippen LogP contribution in [-0.2, 0) is 12.7 Å². The summed E-state index contributed by atoms with van der Waals surface area (Å²) in [5.41, 5.74) is -1.14. The summed E-state index contributed by atoms with van der Waals surface area (Å²) in [5, 5.41) is 13.6. The zero-order chi connectivity index (χ0) is 14.8. The Morgan fingerprint density at radius 2 is 2.10 bits per heavy atom. The van der Waals surface area contributed by atoms with Gasteiger partial charge < -0.3 is 5.32 Å². The molecule has 1 aromatic heterocycles. The van der Waals surface area contributed by atoms with Crippen molar-refractivity contribution in [1.29, 1.82) is 0 Å². The van der Waals surface area contributed by atoms with Gasteiger partial charge in [-0.2, -0.15) is 17.9 Å². The van der Waals surface area contributed by atoms with Gasteiger partial charge in [-0.3, -0.25) is 0 Å². The Kier molecular flexibility index (Phi) is 4.24. The molecular formula is C11H11ClF3N5. The van der Waals surface area contributed by atoms with Gasteiger partial charge in [-0.15, -0.1) is 5.10 Å². The first-order valence-corrected chi connectivity index (χ1v) is 6.17. The molecule has 2 aromatic rings. The zero-order valence-corrected chi connectivity index (χ0v) is 11.2. The van der Waals surface area contributed by atoms with Gasteiger partial charge in [0.25, 0.3) is 0 Å². The van der Waals surface area contributed by atoms with Crippen molar-refractivity contribution in [1.82, 2.24) is 25.5 Å². The summed E-state index contributed by atoms with van der Waals surface area (Å²) >= 11 is 5.90. The number of aromatic nitrogens is 4. The van der Waals surface area contributed by atoms with Crippen molar-refractivity contribution in [2.24, 2.45) is 0 Å². The summed E-state index contributed by atoms with van der Waals surface area (Å²) in [4.78, 5) is 0. The molecule has 0 saturated carbocycles. The van der Waals surface area contributed by atoms with Crippen molar-refractivity contribution in [3.05, 3.63) is 34.6 Å². The van der Waals surface area contributed by atoms with E-state index in [0.29, 0.717) is 6.54 Å². The number of nitrogens with one attached hydrogen (secondary N) is 1. The maximum absolute atomic E-state index is 13.0. The molecule has 0 aliphatic carbocycles. The molecule has 20 heavy (non-hydrogen) atoms. The number of benzene rings is 1. The van der Waals surface area contributed by atoms with Crippen LogP contribution in [0.25, 0.3) is 5.69 Å². The number of tetrazole rings is 1. The van der Waals surface area contributed by atoms with Gasteiger partial charge in [0.2, 0.25) is 0 Å². The highest BCUT2D eigenvalue weighted by Gasteiger charge is 2.35. The minimum atomic E-state index is -4.54. The van der Waals surface area contributed by atoms with Crippen molar-refractivity contribution in [2.75, 3.05) is 6.54 Å².